The SMILES string of the molecule is Fc1c[c-]c(-c2ccccn2)cc1.Fc1cccc2[c-]c(-c3cc(-c4ccccc4)c(C(F)(F)F)cn3)cc(C(F)(F)F)c12.[Ir]. The first kappa shape index (κ1) is 33.4. The first-order chi connectivity index (χ1) is 20.9. The van der Waals surface area contributed by atoms with E-state index in [1.54, 1.807) is 30.5 Å². The van der Waals surface area contributed by atoms with Crippen LogP contribution >= 0.6 is 0 Å². The van der Waals surface area contributed by atoms with E-state index in [1.165, 1.54) is 36.4 Å². The van der Waals surface area contributed by atoms with Gasteiger partial charge in [-0.25, -0.2) is 4.39 Å². The van der Waals surface area contributed by atoms with E-state index in [4.69, 9.17) is 0 Å². The Morgan fingerprint density at radius 2 is 1.33 bits per heavy atom. The average molecular weight is 799 g/mol. The predicted molar refractivity (Wildman–Crippen MR) is 150 cm³/mol. The van der Waals surface area contributed by atoms with Gasteiger partial charge in [-0.15, -0.1) is 53.4 Å². The maximum atomic E-state index is 14.1. The van der Waals surface area contributed by atoms with Crippen LogP contribution in [0.15, 0.2) is 109 Å². The number of fused-ring (bicyclic) bond motifs is 1. The van der Waals surface area contributed by atoms with Crippen molar-refractivity contribution in [3.05, 3.63) is 144 Å². The summed E-state index contributed by atoms with van der Waals surface area (Å²) < 4.78 is 108. The molecule has 2 heterocycles. The smallest absolute Gasteiger partial charge is 0.305 e. The summed E-state index contributed by atoms with van der Waals surface area (Å²) in [4.78, 5) is 7.87. The van der Waals surface area contributed by atoms with Crippen LogP contribution in [0.5, 0.6) is 0 Å². The summed E-state index contributed by atoms with van der Waals surface area (Å²) >= 11 is 0. The van der Waals surface area contributed by atoms with Gasteiger partial charge in [0.15, 0.2) is 0 Å². The number of benzene rings is 4. The molecule has 6 aromatic rings. The van der Waals surface area contributed by atoms with Gasteiger partial charge in [-0.2, -0.15) is 26.3 Å². The summed E-state index contributed by atoms with van der Waals surface area (Å²) in [7, 11) is 0. The Morgan fingerprint density at radius 3 is 1.96 bits per heavy atom. The summed E-state index contributed by atoms with van der Waals surface area (Å²) in [5, 5.41) is -0.818. The van der Waals surface area contributed by atoms with Crippen LogP contribution in [-0.4, -0.2) is 9.97 Å². The van der Waals surface area contributed by atoms with Crippen molar-refractivity contribution in [3.63, 3.8) is 0 Å². The number of halogens is 8. The molecule has 6 rings (SSSR count). The number of aromatic nitrogens is 2. The summed E-state index contributed by atoms with van der Waals surface area (Å²) in [6.07, 6.45) is -7.33. The first-order valence-corrected chi connectivity index (χ1v) is 12.9. The minimum Gasteiger partial charge on any atom is -0.305 e. The fraction of sp³-hybridized carbons (Fsp3) is 0.0588. The molecule has 0 saturated heterocycles. The van der Waals surface area contributed by atoms with Crippen LogP contribution in [-0.2, 0) is 32.5 Å². The molecule has 4 aromatic carbocycles. The van der Waals surface area contributed by atoms with Gasteiger partial charge in [-0.05, 0) is 39.9 Å². The Balaban J connectivity index is 0.000000275. The van der Waals surface area contributed by atoms with Gasteiger partial charge in [0, 0.05) is 44.0 Å². The van der Waals surface area contributed by atoms with Crippen LogP contribution in [0, 0.1) is 23.8 Å². The van der Waals surface area contributed by atoms with Gasteiger partial charge in [0.2, 0.25) is 0 Å². The molecule has 0 atom stereocenters. The van der Waals surface area contributed by atoms with Crippen molar-refractivity contribution in [2.75, 3.05) is 0 Å². The normalized spacial score (nSPS) is 11.4. The Labute approximate surface area is 265 Å². The second-order valence-corrected chi connectivity index (χ2v) is 9.37. The average Bonchev–Trinajstić information content (AvgIpc) is 3.01. The van der Waals surface area contributed by atoms with Crippen molar-refractivity contribution >= 4 is 10.8 Å². The summed E-state index contributed by atoms with van der Waals surface area (Å²) in [6.45, 7) is 0. The van der Waals surface area contributed by atoms with Crippen LogP contribution in [0.25, 0.3) is 44.4 Å². The number of rotatable bonds is 3. The second kappa shape index (κ2) is 13.7. The molecule has 2 aromatic heterocycles. The van der Waals surface area contributed by atoms with E-state index in [0.717, 1.165) is 23.4 Å². The fourth-order valence-corrected chi connectivity index (χ4v) is 4.43. The van der Waals surface area contributed by atoms with Gasteiger partial charge < -0.3 is 4.98 Å². The van der Waals surface area contributed by atoms with Crippen LogP contribution in [0.1, 0.15) is 11.1 Å². The van der Waals surface area contributed by atoms with Gasteiger partial charge in [-0.3, -0.25) is 9.37 Å². The summed E-state index contributed by atoms with van der Waals surface area (Å²) in [6, 6.07) is 28.1. The molecular weight excluding hydrogens is 781 g/mol. The van der Waals surface area contributed by atoms with E-state index in [-0.39, 0.29) is 53.7 Å². The van der Waals surface area contributed by atoms with E-state index < -0.39 is 34.7 Å². The van der Waals surface area contributed by atoms with E-state index >= 15 is 0 Å². The van der Waals surface area contributed by atoms with Gasteiger partial charge in [-0.1, -0.05) is 60.2 Å². The van der Waals surface area contributed by atoms with E-state index in [2.05, 4.69) is 22.1 Å². The van der Waals surface area contributed by atoms with Crippen molar-refractivity contribution in [1.29, 1.82) is 0 Å². The molecule has 0 aliphatic heterocycles. The minimum atomic E-state index is -4.89. The van der Waals surface area contributed by atoms with E-state index in [9.17, 15) is 35.1 Å². The standard InChI is InChI=1S/C23H11F7N.C11H7FN.Ir/c24-19-8-4-7-14-9-15(10-17(21(14)19)22(25,26)27)20-11-16(13-5-2-1-3-6-13)18(12-31-20)23(28,29)30;12-10-6-4-9(5-7-10)11-3-1-2-8-13-11;/h1-8,10-12H;1-4,6-8H;/q2*-1;. The molecule has 0 amide bonds. The minimum absolute atomic E-state index is 0. The van der Waals surface area contributed by atoms with Crippen molar-refractivity contribution in [2.24, 2.45) is 0 Å². The fourth-order valence-electron chi connectivity index (χ4n) is 4.43. The van der Waals surface area contributed by atoms with Gasteiger partial charge in [0.05, 0.1) is 11.4 Å². The quantitative estimate of drug-likeness (QED) is 0.132. The number of alkyl halides is 6. The van der Waals surface area contributed by atoms with Crippen molar-refractivity contribution in [1.82, 2.24) is 9.97 Å². The number of hydrogen-bond acceptors (Lipinski definition) is 2. The summed E-state index contributed by atoms with van der Waals surface area (Å²) in [5.74, 6) is -1.35. The van der Waals surface area contributed by atoms with E-state index in [1.807, 2.05) is 18.2 Å². The van der Waals surface area contributed by atoms with Gasteiger partial charge in [0.25, 0.3) is 0 Å². The zero-order valence-corrected chi connectivity index (χ0v) is 25.0. The second-order valence-electron chi connectivity index (χ2n) is 9.37. The zero-order chi connectivity index (χ0) is 31.5. The Kier molecular flexibility index (Phi) is 10.1. The molecule has 0 saturated carbocycles. The Morgan fingerprint density at radius 1 is 0.622 bits per heavy atom. The molecule has 0 unspecified atom stereocenters. The number of pyridine rings is 2. The molecule has 11 heteroatoms. The molecule has 0 aliphatic carbocycles. The van der Waals surface area contributed by atoms with Crippen LogP contribution in [0.4, 0.5) is 35.1 Å². The molecule has 2 nitrogen and oxygen atoms in total. The van der Waals surface area contributed by atoms with Crippen molar-refractivity contribution < 1.29 is 55.2 Å². The van der Waals surface area contributed by atoms with Crippen LogP contribution in [0.3, 0.4) is 0 Å². The van der Waals surface area contributed by atoms with Crippen LogP contribution < -0.4 is 0 Å². The molecule has 0 bridgehead atoms. The van der Waals surface area contributed by atoms with E-state index in [0.29, 0.717) is 12.3 Å². The molecule has 231 valence electrons. The van der Waals surface area contributed by atoms with Crippen molar-refractivity contribution in [2.45, 2.75) is 12.4 Å². The summed E-state index contributed by atoms with van der Waals surface area (Å²) in [5.41, 5.74) is -1.02. The molecular formula is C34H18F8IrN2-2. The largest absolute Gasteiger partial charge is 0.418 e. The molecule has 0 aliphatic rings. The van der Waals surface area contributed by atoms with Gasteiger partial charge in [0.1, 0.15) is 0 Å². The zero-order valence-electron chi connectivity index (χ0n) is 22.6. The van der Waals surface area contributed by atoms with Crippen molar-refractivity contribution in [3.8, 4) is 33.6 Å². The third kappa shape index (κ3) is 7.79. The number of nitrogens with zero attached hydrogens (tertiary/aromatic N) is 2. The van der Waals surface area contributed by atoms with Crippen LogP contribution in [0.2, 0.25) is 0 Å². The maximum absolute atomic E-state index is 14.1. The molecule has 1 radical (unpaired) electrons. The van der Waals surface area contributed by atoms with Gasteiger partial charge >= 0.3 is 12.4 Å². The first-order valence-electron chi connectivity index (χ1n) is 12.9. The monoisotopic (exact) mass is 799 g/mol. The molecule has 0 fully saturated rings. The molecule has 0 spiro atoms. The third-order valence-corrected chi connectivity index (χ3v) is 6.43. The topological polar surface area (TPSA) is 25.8 Å². The third-order valence-electron chi connectivity index (χ3n) is 6.43. The Hall–Kier alpha value is -4.47. The number of hydrogen-bond donors (Lipinski definition) is 0. The molecule has 45 heavy (non-hydrogen) atoms. The maximum Gasteiger partial charge on any atom is 0.418 e. The molecule has 0 N–H and O–H groups in total. The Bertz CT molecular complexity index is 1890. The predicted octanol–water partition coefficient (Wildman–Crippen LogP) is 10.2.